The number of pyridine rings is 1. The molecule has 2 aliphatic heterocycles. The molecule has 2 aromatic heterocycles. The first-order chi connectivity index (χ1) is 10.9. The Bertz CT molecular complexity index is 590. The zero-order chi connectivity index (χ0) is 14.8. The van der Waals surface area contributed by atoms with Crippen LogP contribution >= 0.6 is 11.3 Å². The topological polar surface area (TPSA) is 34.6 Å². The average Bonchev–Trinajstić information content (AvgIpc) is 3.18. The number of likely N-dealkylation sites (tertiary alicyclic amines) is 1. The van der Waals surface area contributed by atoms with E-state index in [9.17, 15) is 0 Å². The standard InChI is InChI=1S/C17H20N2O2S/c1-3-14(9-18-6-1)21-16-11-19(10-13-5-8-22-12-13)15-4-2-7-20-17(15)16/h1,3,5-6,8-9,12,15-17H,2,4,7,10-11H2/t15-,16-,17-/m0/s1. The third-order valence-electron chi connectivity index (χ3n) is 4.47. The Labute approximate surface area is 134 Å². The van der Waals surface area contributed by atoms with Crippen LogP contribution in [0.25, 0.3) is 0 Å². The maximum atomic E-state index is 6.17. The second kappa shape index (κ2) is 6.36. The van der Waals surface area contributed by atoms with Crippen molar-refractivity contribution in [3.05, 3.63) is 46.9 Å². The maximum absolute atomic E-state index is 6.17. The molecule has 5 heteroatoms. The zero-order valence-electron chi connectivity index (χ0n) is 12.4. The molecule has 0 bridgehead atoms. The van der Waals surface area contributed by atoms with E-state index in [1.54, 1.807) is 23.7 Å². The summed E-state index contributed by atoms with van der Waals surface area (Å²) >= 11 is 1.76. The normalized spacial score (nSPS) is 28.5. The molecule has 4 rings (SSSR count). The highest BCUT2D eigenvalue weighted by molar-refractivity contribution is 7.07. The number of nitrogens with zero attached hydrogens (tertiary/aromatic N) is 2. The van der Waals surface area contributed by atoms with Gasteiger partial charge in [0.1, 0.15) is 18.0 Å². The summed E-state index contributed by atoms with van der Waals surface area (Å²) in [5, 5.41) is 4.37. The summed E-state index contributed by atoms with van der Waals surface area (Å²) in [7, 11) is 0. The number of hydrogen-bond acceptors (Lipinski definition) is 5. The molecule has 3 atom stereocenters. The predicted molar refractivity (Wildman–Crippen MR) is 86.1 cm³/mol. The van der Waals surface area contributed by atoms with E-state index in [1.165, 1.54) is 12.0 Å². The molecular weight excluding hydrogens is 296 g/mol. The minimum atomic E-state index is 0.0909. The van der Waals surface area contributed by atoms with Crippen molar-refractivity contribution in [2.75, 3.05) is 13.2 Å². The van der Waals surface area contributed by atoms with Crippen molar-refractivity contribution in [1.82, 2.24) is 9.88 Å². The van der Waals surface area contributed by atoms with Gasteiger partial charge in [-0.15, -0.1) is 0 Å². The number of hydrogen-bond donors (Lipinski definition) is 0. The summed E-state index contributed by atoms with van der Waals surface area (Å²) in [6.45, 7) is 2.75. The van der Waals surface area contributed by atoms with Gasteiger partial charge in [0.25, 0.3) is 0 Å². The molecule has 4 nitrogen and oxygen atoms in total. The lowest BCUT2D eigenvalue weighted by atomic mass is 10.0. The minimum Gasteiger partial charge on any atom is -0.485 e. The number of ether oxygens (including phenoxy) is 2. The van der Waals surface area contributed by atoms with Crippen molar-refractivity contribution >= 4 is 11.3 Å². The summed E-state index contributed by atoms with van der Waals surface area (Å²) in [4.78, 5) is 6.65. The van der Waals surface area contributed by atoms with Gasteiger partial charge >= 0.3 is 0 Å². The first kappa shape index (κ1) is 14.2. The van der Waals surface area contributed by atoms with Crippen LogP contribution in [0.15, 0.2) is 41.4 Å². The summed E-state index contributed by atoms with van der Waals surface area (Å²) in [5.41, 5.74) is 1.39. The lowest BCUT2D eigenvalue weighted by Gasteiger charge is -2.32. The quantitative estimate of drug-likeness (QED) is 0.868. The van der Waals surface area contributed by atoms with Crippen molar-refractivity contribution in [3.8, 4) is 5.75 Å². The molecule has 0 radical (unpaired) electrons. The predicted octanol–water partition coefficient (Wildman–Crippen LogP) is 2.95. The molecule has 2 aliphatic rings. The second-order valence-corrected chi connectivity index (χ2v) is 6.73. The van der Waals surface area contributed by atoms with Crippen molar-refractivity contribution in [3.63, 3.8) is 0 Å². The van der Waals surface area contributed by atoms with Gasteiger partial charge in [-0.3, -0.25) is 9.88 Å². The fraction of sp³-hybridized carbons (Fsp3) is 0.471. The largest absolute Gasteiger partial charge is 0.485 e. The molecular formula is C17H20N2O2S. The smallest absolute Gasteiger partial charge is 0.139 e. The van der Waals surface area contributed by atoms with E-state index in [4.69, 9.17) is 9.47 Å². The minimum absolute atomic E-state index is 0.0909. The molecule has 22 heavy (non-hydrogen) atoms. The number of thiophene rings is 1. The lowest BCUT2D eigenvalue weighted by Crippen LogP contribution is -2.42. The van der Waals surface area contributed by atoms with Crippen LogP contribution in [0.3, 0.4) is 0 Å². The van der Waals surface area contributed by atoms with Crippen LogP contribution in [0.4, 0.5) is 0 Å². The highest BCUT2D eigenvalue weighted by Gasteiger charge is 2.45. The van der Waals surface area contributed by atoms with Gasteiger partial charge in [0.15, 0.2) is 0 Å². The maximum Gasteiger partial charge on any atom is 0.139 e. The highest BCUT2D eigenvalue weighted by Crippen LogP contribution is 2.32. The Morgan fingerprint density at radius 1 is 1.41 bits per heavy atom. The third-order valence-corrected chi connectivity index (χ3v) is 5.20. The molecule has 2 saturated heterocycles. The first-order valence-corrected chi connectivity index (χ1v) is 8.78. The lowest BCUT2D eigenvalue weighted by molar-refractivity contribution is -0.0472. The molecule has 0 aromatic carbocycles. The van der Waals surface area contributed by atoms with Crippen LogP contribution in [-0.4, -0.2) is 41.3 Å². The van der Waals surface area contributed by atoms with E-state index in [2.05, 4.69) is 26.7 Å². The van der Waals surface area contributed by atoms with Gasteiger partial charge in [-0.1, -0.05) is 0 Å². The SMILES string of the molecule is c1cncc(O[C@H]2CN(Cc3ccsc3)[C@H]3CCCO[C@H]23)c1. The van der Waals surface area contributed by atoms with Gasteiger partial charge in [0, 0.05) is 31.9 Å². The molecule has 116 valence electrons. The number of rotatable bonds is 4. The Hall–Kier alpha value is -1.43. The van der Waals surface area contributed by atoms with Crippen molar-refractivity contribution < 1.29 is 9.47 Å². The van der Waals surface area contributed by atoms with Crippen molar-refractivity contribution in [2.45, 2.75) is 37.6 Å². The van der Waals surface area contributed by atoms with E-state index >= 15 is 0 Å². The van der Waals surface area contributed by atoms with Crippen molar-refractivity contribution in [1.29, 1.82) is 0 Å². The van der Waals surface area contributed by atoms with Gasteiger partial charge < -0.3 is 9.47 Å². The van der Waals surface area contributed by atoms with Crippen LogP contribution in [0.5, 0.6) is 5.75 Å². The second-order valence-electron chi connectivity index (χ2n) is 5.95. The summed E-state index contributed by atoms with van der Waals surface area (Å²) < 4.78 is 12.2. The summed E-state index contributed by atoms with van der Waals surface area (Å²) in [5.74, 6) is 0.831. The molecule has 2 fully saturated rings. The van der Waals surface area contributed by atoms with Crippen LogP contribution in [0, 0.1) is 0 Å². The van der Waals surface area contributed by atoms with Gasteiger partial charge in [0.2, 0.25) is 0 Å². The molecule has 2 aromatic rings. The molecule has 0 unspecified atom stereocenters. The fourth-order valence-corrected chi connectivity index (χ4v) is 4.16. The van der Waals surface area contributed by atoms with Gasteiger partial charge in [-0.25, -0.2) is 0 Å². The monoisotopic (exact) mass is 316 g/mol. The van der Waals surface area contributed by atoms with E-state index in [-0.39, 0.29) is 12.2 Å². The van der Waals surface area contributed by atoms with E-state index < -0.39 is 0 Å². The fourth-order valence-electron chi connectivity index (χ4n) is 3.50. The van der Waals surface area contributed by atoms with E-state index in [1.807, 2.05) is 12.1 Å². The van der Waals surface area contributed by atoms with Crippen LogP contribution in [0.1, 0.15) is 18.4 Å². The Balaban J connectivity index is 1.50. The van der Waals surface area contributed by atoms with E-state index in [0.29, 0.717) is 6.04 Å². The molecule has 0 N–H and O–H groups in total. The van der Waals surface area contributed by atoms with Gasteiger partial charge in [-0.2, -0.15) is 11.3 Å². The highest BCUT2D eigenvalue weighted by atomic mass is 32.1. The molecule has 0 spiro atoms. The van der Waals surface area contributed by atoms with Crippen LogP contribution in [0.2, 0.25) is 0 Å². The van der Waals surface area contributed by atoms with Crippen molar-refractivity contribution in [2.24, 2.45) is 0 Å². The summed E-state index contributed by atoms with van der Waals surface area (Å²) in [6.07, 6.45) is 6.15. The van der Waals surface area contributed by atoms with Crippen LogP contribution < -0.4 is 4.74 Å². The van der Waals surface area contributed by atoms with Gasteiger partial charge in [0.05, 0.1) is 6.20 Å². The third kappa shape index (κ3) is 2.89. The number of aromatic nitrogens is 1. The Kier molecular flexibility index (Phi) is 4.10. The molecule has 4 heterocycles. The Morgan fingerprint density at radius 2 is 2.41 bits per heavy atom. The molecule has 0 aliphatic carbocycles. The summed E-state index contributed by atoms with van der Waals surface area (Å²) in [6, 6.07) is 6.55. The number of fused-ring (bicyclic) bond motifs is 1. The Morgan fingerprint density at radius 3 is 3.23 bits per heavy atom. The van der Waals surface area contributed by atoms with E-state index in [0.717, 1.165) is 31.9 Å². The molecule has 0 saturated carbocycles. The van der Waals surface area contributed by atoms with Gasteiger partial charge in [-0.05, 0) is 47.4 Å². The zero-order valence-corrected chi connectivity index (χ0v) is 13.2. The first-order valence-electron chi connectivity index (χ1n) is 7.83. The molecule has 0 amide bonds. The van der Waals surface area contributed by atoms with Crippen LogP contribution in [-0.2, 0) is 11.3 Å². The average molecular weight is 316 g/mol.